The predicted molar refractivity (Wildman–Crippen MR) is 68.9 cm³/mol. The Morgan fingerprint density at radius 1 is 1.47 bits per heavy atom. The number of imidazole rings is 1. The van der Waals surface area contributed by atoms with Crippen LogP contribution in [0.15, 0.2) is 18.6 Å². The van der Waals surface area contributed by atoms with Gasteiger partial charge in [-0.1, -0.05) is 0 Å². The maximum atomic E-state index is 11.0. The Balaban J connectivity index is 2.37. The average Bonchev–Trinajstić information content (AvgIpc) is 2.75. The molecule has 0 saturated heterocycles. The number of nitrogens with zero attached hydrogens (tertiary/aromatic N) is 5. The Morgan fingerprint density at radius 2 is 2.26 bits per heavy atom. The van der Waals surface area contributed by atoms with E-state index in [2.05, 4.69) is 20.3 Å². The van der Waals surface area contributed by atoms with E-state index in [1.807, 2.05) is 14.0 Å². The van der Waals surface area contributed by atoms with Gasteiger partial charge in [0.25, 0.3) is 0 Å². The zero-order valence-electron chi connectivity index (χ0n) is 10.7. The van der Waals surface area contributed by atoms with Gasteiger partial charge in [0.15, 0.2) is 0 Å². The number of nitrogens with one attached hydrogen (secondary N) is 1. The Bertz CT molecular complexity index is 595. The van der Waals surface area contributed by atoms with Gasteiger partial charge in [-0.15, -0.1) is 0 Å². The highest BCUT2D eigenvalue weighted by atomic mass is 16.6. The van der Waals surface area contributed by atoms with Crippen molar-refractivity contribution in [3.8, 4) is 0 Å². The summed E-state index contributed by atoms with van der Waals surface area (Å²) in [6.07, 6.45) is 4.95. The third-order valence-electron chi connectivity index (χ3n) is 2.62. The van der Waals surface area contributed by atoms with Gasteiger partial charge in [0.2, 0.25) is 5.95 Å². The van der Waals surface area contributed by atoms with Crippen molar-refractivity contribution in [2.45, 2.75) is 13.3 Å². The maximum absolute atomic E-state index is 11.0. The highest BCUT2D eigenvalue weighted by molar-refractivity contribution is 5.39. The second kappa shape index (κ2) is 5.42. The van der Waals surface area contributed by atoms with E-state index in [-0.39, 0.29) is 5.69 Å². The van der Waals surface area contributed by atoms with Crippen LogP contribution in [0.5, 0.6) is 0 Å². The van der Waals surface area contributed by atoms with Gasteiger partial charge in [-0.2, -0.15) is 0 Å². The molecule has 2 aromatic heterocycles. The number of nitro groups is 1. The van der Waals surface area contributed by atoms with Crippen LogP contribution in [0.25, 0.3) is 0 Å². The van der Waals surface area contributed by atoms with Gasteiger partial charge in [0, 0.05) is 26.0 Å². The van der Waals surface area contributed by atoms with Crippen molar-refractivity contribution in [2.24, 2.45) is 7.05 Å². The molecule has 0 saturated carbocycles. The van der Waals surface area contributed by atoms with Crippen LogP contribution < -0.4 is 5.32 Å². The lowest BCUT2D eigenvalue weighted by atomic mass is 10.2. The molecule has 2 aromatic rings. The largest absolute Gasteiger partial charge is 0.354 e. The van der Waals surface area contributed by atoms with Crippen LogP contribution in [0.1, 0.15) is 18.4 Å². The summed E-state index contributed by atoms with van der Waals surface area (Å²) < 4.78 is 1.80. The van der Waals surface area contributed by atoms with Crippen LogP contribution >= 0.6 is 0 Å². The first kappa shape index (κ1) is 12.9. The Morgan fingerprint density at radius 3 is 2.84 bits per heavy atom. The first-order valence-corrected chi connectivity index (χ1v) is 5.82. The molecule has 0 fully saturated rings. The number of aryl methyl sites for hydroxylation is 1. The average molecular weight is 262 g/mol. The molecule has 0 radical (unpaired) electrons. The minimum absolute atomic E-state index is 0.0929. The van der Waals surface area contributed by atoms with Crippen LogP contribution in [0.4, 0.5) is 11.6 Å². The van der Waals surface area contributed by atoms with Gasteiger partial charge in [0.05, 0.1) is 11.3 Å². The van der Waals surface area contributed by atoms with E-state index in [1.54, 1.807) is 17.0 Å². The van der Waals surface area contributed by atoms with Crippen molar-refractivity contribution >= 4 is 11.6 Å². The summed E-state index contributed by atoms with van der Waals surface area (Å²) in [6.45, 7) is 2.56. The van der Waals surface area contributed by atoms with Gasteiger partial charge in [-0.05, 0) is 6.92 Å². The van der Waals surface area contributed by atoms with Gasteiger partial charge >= 0.3 is 5.69 Å². The molecular weight excluding hydrogens is 248 g/mol. The fourth-order valence-corrected chi connectivity index (χ4v) is 1.65. The van der Waals surface area contributed by atoms with Crippen molar-refractivity contribution in [1.29, 1.82) is 0 Å². The lowest BCUT2D eigenvalue weighted by Crippen LogP contribution is -2.09. The third-order valence-corrected chi connectivity index (χ3v) is 2.62. The quantitative estimate of drug-likeness (QED) is 0.640. The zero-order chi connectivity index (χ0) is 13.8. The monoisotopic (exact) mass is 262 g/mol. The topological polar surface area (TPSA) is 98.8 Å². The highest BCUT2D eigenvalue weighted by Crippen LogP contribution is 2.19. The molecular formula is C11H14N6O2. The minimum atomic E-state index is -0.478. The fraction of sp³-hybridized carbons (Fsp3) is 0.364. The second-order valence-corrected chi connectivity index (χ2v) is 3.94. The molecule has 0 bridgehead atoms. The van der Waals surface area contributed by atoms with Crippen LogP contribution in [0.3, 0.4) is 0 Å². The molecule has 0 aliphatic carbocycles. The molecule has 0 aliphatic heterocycles. The zero-order valence-corrected chi connectivity index (χ0v) is 10.7. The molecule has 100 valence electrons. The Hall–Kier alpha value is -2.51. The van der Waals surface area contributed by atoms with Crippen molar-refractivity contribution in [3.05, 3.63) is 40.2 Å². The van der Waals surface area contributed by atoms with Gasteiger partial charge in [-0.3, -0.25) is 10.1 Å². The van der Waals surface area contributed by atoms with Crippen molar-refractivity contribution in [1.82, 2.24) is 19.5 Å². The summed E-state index contributed by atoms with van der Waals surface area (Å²) in [5.41, 5.74) is 0.259. The van der Waals surface area contributed by atoms with Gasteiger partial charge < -0.3 is 9.88 Å². The van der Waals surface area contributed by atoms with E-state index >= 15 is 0 Å². The number of aromatic nitrogens is 4. The molecule has 0 atom stereocenters. The second-order valence-electron chi connectivity index (χ2n) is 3.94. The molecule has 0 spiro atoms. The van der Waals surface area contributed by atoms with E-state index < -0.39 is 4.92 Å². The first-order valence-electron chi connectivity index (χ1n) is 5.82. The normalized spacial score (nSPS) is 10.4. The fourth-order valence-electron chi connectivity index (χ4n) is 1.65. The van der Waals surface area contributed by atoms with Gasteiger partial charge in [-0.25, -0.2) is 15.0 Å². The molecule has 8 heteroatoms. The van der Waals surface area contributed by atoms with Crippen molar-refractivity contribution < 1.29 is 4.92 Å². The smallest absolute Gasteiger partial charge is 0.309 e. The van der Waals surface area contributed by atoms with E-state index in [1.165, 1.54) is 6.20 Å². The van der Waals surface area contributed by atoms with Crippen molar-refractivity contribution in [3.63, 3.8) is 0 Å². The molecule has 0 unspecified atom stereocenters. The number of hydrogen-bond acceptors (Lipinski definition) is 6. The molecule has 8 nitrogen and oxygen atoms in total. The molecule has 1 N–H and O–H groups in total. The van der Waals surface area contributed by atoms with Crippen LogP contribution in [-0.2, 0) is 13.5 Å². The summed E-state index contributed by atoms with van der Waals surface area (Å²) in [6, 6.07) is 0. The van der Waals surface area contributed by atoms with Crippen LogP contribution in [0, 0.1) is 10.1 Å². The van der Waals surface area contributed by atoms with Crippen LogP contribution in [-0.4, -0.2) is 31.0 Å². The van der Waals surface area contributed by atoms with E-state index in [0.29, 0.717) is 30.4 Å². The Labute approximate surface area is 109 Å². The minimum Gasteiger partial charge on any atom is -0.354 e. The maximum Gasteiger partial charge on any atom is 0.309 e. The van der Waals surface area contributed by atoms with Crippen molar-refractivity contribution in [2.75, 3.05) is 11.9 Å². The number of rotatable bonds is 5. The summed E-state index contributed by atoms with van der Waals surface area (Å²) in [5, 5.41) is 13.9. The summed E-state index contributed by atoms with van der Waals surface area (Å²) in [7, 11) is 1.83. The lowest BCUT2D eigenvalue weighted by molar-refractivity contribution is -0.386. The third kappa shape index (κ3) is 2.84. The highest BCUT2D eigenvalue weighted by Gasteiger charge is 2.18. The molecule has 0 aliphatic rings. The predicted octanol–water partition coefficient (Wildman–Crippen LogP) is 1.14. The summed E-state index contributed by atoms with van der Waals surface area (Å²) in [5.74, 6) is 1.10. The SMILES string of the molecule is CCNc1ncc([N+](=O)[O-])c(Cc2nccn2C)n1. The van der Waals surface area contributed by atoms with Crippen LogP contribution in [0.2, 0.25) is 0 Å². The van der Waals surface area contributed by atoms with Gasteiger partial charge in [0.1, 0.15) is 17.7 Å². The standard InChI is InChI=1S/C11H14N6O2/c1-3-12-11-14-7-9(17(18)19)8(15-11)6-10-13-4-5-16(10)2/h4-5,7H,3,6H2,1-2H3,(H,12,14,15). The summed E-state index contributed by atoms with van der Waals surface area (Å²) in [4.78, 5) is 22.7. The molecule has 19 heavy (non-hydrogen) atoms. The molecule has 0 aromatic carbocycles. The molecule has 2 heterocycles. The van der Waals surface area contributed by atoms with E-state index in [0.717, 1.165) is 0 Å². The molecule has 2 rings (SSSR count). The molecule has 0 amide bonds. The summed E-state index contributed by atoms with van der Waals surface area (Å²) >= 11 is 0. The van der Waals surface area contributed by atoms with E-state index in [9.17, 15) is 10.1 Å². The number of hydrogen-bond donors (Lipinski definition) is 1. The Kier molecular flexibility index (Phi) is 3.69. The lowest BCUT2D eigenvalue weighted by Gasteiger charge is -2.05. The number of anilines is 1. The van der Waals surface area contributed by atoms with E-state index in [4.69, 9.17) is 0 Å². The first-order chi connectivity index (χ1) is 9.11.